The zero-order chi connectivity index (χ0) is 15.4. The Kier molecular flexibility index (Phi) is 5.51. The van der Waals surface area contributed by atoms with E-state index in [0.717, 1.165) is 0 Å². The van der Waals surface area contributed by atoms with E-state index in [0.29, 0.717) is 12.2 Å². The summed E-state index contributed by atoms with van der Waals surface area (Å²) in [5.74, 6) is -0.209. The standard InChI is InChI=1S/C11H18N2O5S2/c1-3-18-6-7-19(14,15)13-10-5-4-9(2)11(8-10)20(12,16)17/h4-5,8,13H,3,6-7H2,1-2H3,(H2,12,16,17). The molecule has 0 saturated heterocycles. The summed E-state index contributed by atoms with van der Waals surface area (Å²) in [5.41, 5.74) is 0.598. The first-order valence-electron chi connectivity index (χ1n) is 5.87. The minimum Gasteiger partial charge on any atom is -0.381 e. The van der Waals surface area contributed by atoms with Crippen molar-refractivity contribution >= 4 is 25.7 Å². The maximum atomic E-state index is 11.7. The van der Waals surface area contributed by atoms with Crippen LogP contribution in [-0.4, -0.2) is 35.8 Å². The molecule has 1 rings (SSSR count). The first-order valence-corrected chi connectivity index (χ1v) is 9.07. The second-order valence-corrected chi connectivity index (χ2v) is 7.51. The molecule has 0 saturated carbocycles. The molecule has 0 aromatic heterocycles. The number of sulfonamides is 2. The van der Waals surface area contributed by atoms with Gasteiger partial charge in [0.05, 0.1) is 17.3 Å². The molecule has 0 fully saturated rings. The zero-order valence-electron chi connectivity index (χ0n) is 11.3. The number of benzene rings is 1. The van der Waals surface area contributed by atoms with Gasteiger partial charge in [0.15, 0.2) is 0 Å². The Hall–Kier alpha value is -1.16. The van der Waals surface area contributed by atoms with Gasteiger partial charge in [-0.2, -0.15) is 0 Å². The quantitative estimate of drug-likeness (QED) is 0.706. The normalized spacial score (nSPS) is 12.3. The summed E-state index contributed by atoms with van der Waals surface area (Å²) in [7, 11) is -7.48. The minimum atomic E-state index is -3.89. The fraction of sp³-hybridized carbons (Fsp3) is 0.455. The smallest absolute Gasteiger partial charge is 0.238 e. The van der Waals surface area contributed by atoms with Crippen molar-refractivity contribution in [3.05, 3.63) is 23.8 Å². The van der Waals surface area contributed by atoms with Gasteiger partial charge in [-0.3, -0.25) is 4.72 Å². The molecule has 0 radical (unpaired) electrons. The average Bonchev–Trinajstić information content (AvgIpc) is 2.30. The molecule has 1 aromatic rings. The van der Waals surface area contributed by atoms with Crippen LogP contribution in [0.2, 0.25) is 0 Å². The van der Waals surface area contributed by atoms with E-state index < -0.39 is 20.0 Å². The highest BCUT2D eigenvalue weighted by Crippen LogP contribution is 2.19. The van der Waals surface area contributed by atoms with E-state index in [-0.39, 0.29) is 22.9 Å². The van der Waals surface area contributed by atoms with Crippen LogP contribution in [0.3, 0.4) is 0 Å². The van der Waals surface area contributed by atoms with Crippen LogP contribution >= 0.6 is 0 Å². The third kappa shape index (κ3) is 5.08. The third-order valence-corrected chi connectivity index (χ3v) is 4.77. The van der Waals surface area contributed by atoms with Crippen molar-refractivity contribution in [2.45, 2.75) is 18.7 Å². The van der Waals surface area contributed by atoms with Crippen molar-refractivity contribution in [2.75, 3.05) is 23.7 Å². The molecule has 114 valence electrons. The van der Waals surface area contributed by atoms with Crippen LogP contribution in [0.25, 0.3) is 0 Å². The van der Waals surface area contributed by atoms with E-state index in [1.807, 2.05) is 0 Å². The Labute approximate surface area is 119 Å². The lowest BCUT2D eigenvalue weighted by molar-refractivity contribution is 0.163. The number of nitrogens with one attached hydrogen (secondary N) is 1. The molecule has 0 spiro atoms. The number of aryl methyl sites for hydroxylation is 1. The van der Waals surface area contributed by atoms with Gasteiger partial charge >= 0.3 is 0 Å². The van der Waals surface area contributed by atoms with Gasteiger partial charge < -0.3 is 4.74 Å². The van der Waals surface area contributed by atoms with Crippen LogP contribution in [0.15, 0.2) is 23.1 Å². The molecule has 0 aliphatic rings. The summed E-state index contributed by atoms with van der Waals surface area (Å²) in [6.45, 7) is 3.83. The van der Waals surface area contributed by atoms with Gasteiger partial charge in [-0.15, -0.1) is 0 Å². The predicted octanol–water partition coefficient (Wildman–Crippen LogP) is 0.421. The first-order chi connectivity index (χ1) is 9.15. The second-order valence-electron chi connectivity index (χ2n) is 4.14. The fourth-order valence-electron chi connectivity index (χ4n) is 1.51. The molecule has 0 aliphatic heterocycles. The van der Waals surface area contributed by atoms with Gasteiger partial charge in [0.2, 0.25) is 20.0 Å². The molecule has 9 heteroatoms. The van der Waals surface area contributed by atoms with Crippen molar-refractivity contribution in [1.82, 2.24) is 0 Å². The van der Waals surface area contributed by atoms with Crippen LogP contribution in [0.1, 0.15) is 12.5 Å². The Morgan fingerprint density at radius 2 is 1.90 bits per heavy atom. The second kappa shape index (κ2) is 6.53. The van der Waals surface area contributed by atoms with Crippen molar-refractivity contribution in [3.8, 4) is 0 Å². The fourth-order valence-corrected chi connectivity index (χ4v) is 3.25. The monoisotopic (exact) mass is 322 g/mol. The van der Waals surface area contributed by atoms with Crippen molar-refractivity contribution in [2.24, 2.45) is 5.14 Å². The molecular weight excluding hydrogens is 304 g/mol. The Bertz CT molecular complexity index is 668. The van der Waals surface area contributed by atoms with Crippen LogP contribution in [0.5, 0.6) is 0 Å². The highest BCUT2D eigenvalue weighted by Gasteiger charge is 2.15. The minimum absolute atomic E-state index is 0.0692. The van der Waals surface area contributed by atoms with Gasteiger partial charge in [0.1, 0.15) is 0 Å². The van der Waals surface area contributed by atoms with Crippen LogP contribution in [0.4, 0.5) is 5.69 Å². The van der Waals surface area contributed by atoms with Gasteiger partial charge in [-0.05, 0) is 31.5 Å². The van der Waals surface area contributed by atoms with E-state index in [4.69, 9.17) is 9.88 Å². The number of anilines is 1. The van der Waals surface area contributed by atoms with Crippen LogP contribution < -0.4 is 9.86 Å². The molecule has 7 nitrogen and oxygen atoms in total. The predicted molar refractivity (Wildman–Crippen MR) is 76.5 cm³/mol. The molecule has 0 bridgehead atoms. The van der Waals surface area contributed by atoms with Gasteiger partial charge in [-0.1, -0.05) is 6.07 Å². The lowest BCUT2D eigenvalue weighted by atomic mass is 10.2. The van der Waals surface area contributed by atoms with Crippen molar-refractivity contribution in [1.29, 1.82) is 0 Å². The van der Waals surface area contributed by atoms with E-state index in [2.05, 4.69) is 4.72 Å². The number of hydrogen-bond acceptors (Lipinski definition) is 5. The summed E-state index contributed by atoms with van der Waals surface area (Å²) < 4.78 is 53.5. The molecular formula is C11H18N2O5S2. The van der Waals surface area contributed by atoms with E-state index >= 15 is 0 Å². The highest BCUT2D eigenvalue weighted by molar-refractivity contribution is 7.92. The summed E-state index contributed by atoms with van der Waals surface area (Å²) in [6.07, 6.45) is 0. The Morgan fingerprint density at radius 3 is 2.45 bits per heavy atom. The van der Waals surface area contributed by atoms with Crippen molar-refractivity contribution in [3.63, 3.8) is 0 Å². The van der Waals surface area contributed by atoms with Gasteiger partial charge in [0.25, 0.3) is 0 Å². The first kappa shape index (κ1) is 16.9. The van der Waals surface area contributed by atoms with Gasteiger partial charge in [0, 0.05) is 12.3 Å². The molecule has 0 aliphatic carbocycles. The SMILES string of the molecule is CCOCCS(=O)(=O)Nc1ccc(C)c(S(N)(=O)=O)c1. The highest BCUT2D eigenvalue weighted by atomic mass is 32.2. The van der Waals surface area contributed by atoms with E-state index in [1.165, 1.54) is 18.2 Å². The molecule has 3 N–H and O–H groups in total. The molecule has 1 aromatic carbocycles. The van der Waals surface area contributed by atoms with Crippen LogP contribution in [-0.2, 0) is 24.8 Å². The Morgan fingerprint density at radius 1 is 1.25 bits per heavy atom. The number of nitrogens with two attached hydrogens (primary N) is 1. The lowest BCUT2D eigenvalue weighted by Crippen LogP contribution is -2.21. The summed E-state index contributed by atoms with van der Waals surface area (Å²) in [4.78, 5) is -0.109. The molecule has 0 atom stereocenters. The number of hydrogen-bond donors (Lipinski definition) is 2. The van der Waals surface area contributed by atoms with E-state index in [9.17, 15) is 16.8 Å². The third-order valence-electron chi connectivity index (χ3n) is 2.47. The van der Waals surface area contributed by atoms with Gasteiger partial charge in [-0.25, -0.2) is 22.0 Å². The maximum Gasteiger partial charge on any atom is 0.238 e. The summed E-state index contributed by atoms with van der Waals surface area (Å²) >= 11 is 0. The molecule has 0 unspecified atom stereocenters. The number of primary sulfonamides is 1. The lowest BCUT2D eigenvalue weighted by Gasteiger charge is -2.10. The number of rotatable bonds is 7. The Balaban J connectivity index is 2.94. The topological polar surface area (TPSA) is 116 Å². The number of ether oxygens (including phenoxy) is 1. The van der Waals surface area contributed by atoms with Crippen LogP contribution in [0, 0.1) is 6.92 Å². The summed E-state index contributed by atoms with van der Waals surface area (Å²) in [5, 5.41) is 5.06. The summed E-state index contributed by atoms with van der Waals surface area (Å²) in [6, 6.07) is 4.16. The largest absolute Gasteiger partial charge is 0.381 e. The maximum absolute atomic E-state index is 11.7. The molecule has 0 amide bonds. The molecule has 0 heterocycles. The average molecular weight is 322 g/mol. The van der Waals surface area contributed by atoms with E-state index in [1.54, 1.807) is 13.8 Å². The molecule has 20 heavy (non-hydrogen) atoms. The van der Waals surface area contributed by atoms with Crippen molar-refractivity contribution < 1.29 is 21.6 Å². The zero-order valence-corrected chi connectivity index (χ0v) is 12.9.